The van der Waals surface area contributed by atoms with E-state index in [0.29, 0.717) is 12.0 Å². The van der Waals surface area contributed by atoms with E-state index in [0.717, 1.165) is 6.54 Å². The Morgan fingerprint density at radius 2 is 2.06 bits per heavy atom. The Morgan fingerprint density at radius 3 is 2.67 bits per heavy atom. The van der Waals surface area contributed by atoms with Crippen molar-refractivity contribution in [1.82, 2.24) is 5.32 Å². The van der Waals surface area contributed by atoms with Gasteiger partial charge in [-0.25, -0.2) is 0 Å². The van der Waals surface area contributed by atoms with E-state index >= 15 is 0 Å². The van der Waals surface area contributed by atoms with Gasteiger partial charge in [0.2, 0.25) is 0 Å². The molecule has 0 heterocycles. The zero-order valence-electron chi connectivity index (χ0n) is 10.9. The second-order valence-corrected chi connectivity index (χ2v) is 6.62. The van der Waals surface area contributed by atoms with Crippen LogP contribution in [0.3, 0.4) is 0 Å². The molecule has 0 spiro atoms. The summed E-state index contributed by atoms with van der Waals surface area (Å²) in [5.74, 6) is 0.656. The number of nitriles is 1. The van der Waals surface area contributed by atoms with Crippen LogP contribution in [0.4, 0.5) is 0 Å². The number of hydrogen-bond donors (Lipinski definition) is 1. The highest BCUT2D eigenvalue weighted by atomic mass is 79.9. The molecule has 0 atom stereocenters. The SMILES string of the molecule is CC(C)(C#N)CNC1CC(c2ccccc2Br)C1. The summed E-state index contributed by atoms with van der Waals surface area (Å²) >= 11 is 3.61. The molecule has 1 fully saturated rings. The molecule has 2 nitrogen and oxygen atoms in total. The van der Waals surface area contributed by atoms with Gasteiger partial charge in [-0.3, -0.25) is 0 Å². The minimum absolute atomic E-state index is 0.265. The molecule has 1 saturated carbocycles. The molecule has 0 bridgehead atoms. The van der Waals surface area contributed by atoms with Crippen molar-refractivity contribution >= 4 is 15.9 Å². The van der Waals surface area contributed by atoms with Crippen LogP contribution in [0, 0.1) is 16.7 Å². The van der Waals surface area contributed by atoms with E-state index in [9.17, 15) is 0 Å². The minimum Gasteiger partial charge on any atom is -0.312 e. The topological polar surface area (TPSA) is 35.8 Å². The molecule has 0 aliphatic heterocycles. The van der Waals surface area contributed by atoms with Crippen LogP contribution in [-0.2, 0) is 0 Å². The zero-order chi connectivity index (χ0) is 13.2. The van der Waals surface area contributed by atoms with E-state index < -0.39 is 0 Å². The molecule has 1 aliphatic carbocycles. The fourth-order valence-corrected chi connectivity index (χ4v) is 2.89. The van der Waals surface area contributed by atoms with Crippen molar-refractivity contribution in [3.05, 3.63) is 34.3 Å². The highest BCUT2D eigenvalue weighted by Gasteiger charge is 2.32. The number of benzene rings is 1. The van der Waals surface area contributed by atoms with Gasteiger partial charge in [0, 0.05) is 17.1 Å². The van der Waals surface area contributed by atoms with Crippen LogP contribution in [0.2, 0.25) is 0 Å². The summed E-state index contributed by atoms with van der Waals surface area (Å²) in [6, 6.07) is 11.3. The Hall–Kier alpha value is -0.850. The normalized spacial score (nSPS) is 23.2. The molecule has 1 aliphatic rings. The van der Waals surface area contributed by atoms with E-state index in [1.54, 1.807) is 0 Å². The van der Waals surface area contributed by atoms with Gasteiger partial charge < -0.3 is 5.32 Å². The Balaban J connectivity index is 1.82. The molecule has 96 valence electrons. The first-order valence-electron chi connectivity index (χ1n) is 6.41. The van der Waals surface area contributed by atoms with Gasteiger partial charge in [0.25, 0.3) is 0 Å². The number of hydrogen-bond acceptors (Lipinski definition) is 2. The van der Waals surface area contributed by atoms with E-state index in [1.165, 1.54) is 22.9 Å². The summed E-state index contributed by atoms with van der Waals surface area (Å²) in [5, 5.41) is 12.5. The molecular weight excluding hydrogens is 288 g/mol. The molecule has 0 saturated heterocycles. The minimum atomic E-state index is -0.265. The fraction of sp³-hybridized carbons (Fsp3) is 0.533. The van der Waals surface area contributed by atoms with E-state index in [-0.39, 0.29) is 5.41 Å². The lowest BCUT2D eigenvalue weighted by molar-refractivity contribution is 0.267. The molecular formula is C15H19BrN2. The van der Waals surface area contributed by atoms with Crippen LogP contribution in [0.1, 0.15) is 38.2 Å². The Bertz CT molecular complexity index is 456. The van der Waals surface area contributed by atoms with E-state index in [2.05, 4.69) is 51.6 Å². The van der Waals surface area contributed by atoms with Crippen LogP contribution in [0.25, 0.3) is 0 Å². The van der Waals surface area contributed by atoms with Gasteiger partial charge >= 0.3 is 0 Å². The third-order valence-corrected chi connectivity index (χ3v) is 4.34. The lowest BCUT2D eigenvalue weighted by Gasteiger charge is -2.38. The van der Waals surface area contributed by atoms with Crippen LogP contribution in [0.15, 0.2) is 28.7 Å². The monoisotopic (exact) mass is 306 g/mol. The molecule has 0 unspecified atom stereocenters. The van der Waals surface area contributed by atoms with Crippen molar-refractivity contribution in [2.75, 3.05) is 6.54 Å². The van der Waals surface area contributed by atoms with Gasteiger partial charge in [-0.1, -0.05) is 34.1 Å². The maximum absolute atomic E-state index is 8.97. The molecule has 3 heteroatoms. The van der Waals surface area contributed by atoms with E-state index in [4.69, 9.17) is 5.26 Å². The van der Waals surface area contributed by atoms with Crippen molar-refractivity contribution in [3.63, 3.8) is 0 Å². The fourth-order valence-electron chi connectivity index (χ4n) is 2.28. The molecule has 0 radical (unpaired) electrons. The molecule has 1 aromatic rings. The van der Waals surface area contributed by atoms with Gasteiger partial charge in [0.05, 0.1) is 11.5 Å². The van der Waals surface area contributed by atoms with Crippen molar-refractivity contribution in [1.29, 1.82) is 5.26 Å². The first-order chi connectivity index (χ1) is 8.52. The number of nitrogens with zero attached hydrogens (tertiary/aromatic N) is 1. The van der Waals surface area contributed by atoms with Gasteiger partial charge in [-0.2, -0.15) is 5.26 Å². The third-order valence-electron chi connectivity index (χ3n) is 3.62. The summed E-state index contributed by atoms with van der Waals surface area (Å²) in [5.41, 5.74) is 1.15. The Labute approximate surface area is 118 Å². The van der Waals surface area contributed by atoms with Crippen molar-refractivity contribution in [2.24, 2.45) is 5.41 Å². The second kappa shape index (κ2) is 5.42. The summed E-state index contributed by atoms with van der Waals surface area (Å²) in [4.78, 5) is 0. The molecule has 1 N–H and O–H groups in total. The Morgan fingerprint density at radius 1 is 1.39 bits per heavy atom. The first-order valence-corrected chi connectivity index (χ1v) is 7.20. The highest BCUT2D eigenvalue weighted by Crippen LogP contribution is 2.40. The van der Waals surface area contributed by atoms with Crippen LogP contribution < -0.4 is 5.32 Å². The maximum atomic E-state index is 8.97. The smallest absolute Gasteiger partial charge is 0.0697 e. The summed E-state index contributed by atoms with van der Waals surface area (Å²) in [6.07, 6.45) is 2.34. The average molecular weight is 307 g/mol. The lowest BCUT2D eigenvalue weighted by Crippen LogP contribution is -2.43. The summed E-state index contributed by atoms with van der Waals surface area (Å²) in [7, 11) is 0. The van der Waals surface area contributed by atoms with Crippen molar-refractivity contribution < 1.29 is 0 Å². The van der Waals surface area contributed by atoms with Gasteiger partial charge in [-0.05, 0) is 44.2 Å². The molecule has 0 amide bonds. The standard InChI is InChI=1S/C15H19BrN2/c1-15(2,9-17)10-18-12-7-11(8-12)13-5-3-4-6-14(13)16/h3-6,11-12,18H,7-8,10H2,1-2H3. The maximum Gasteiger partial charge on any atom is 0.0697 e. The molecule has 1 aromatic carbocycles. The van der Waals surface area contributed by atoms with Crippen LogP contribution in [0.5, 0.6) is 0 Å². The lowest BCUT2D eigenvalue weighted by atomic mass is 9.75. The van der Waals surface area contributed by atoms with Crippen LogP contribution >= 0.6 is 15.9 Å². The summed E-state index contributed by atoms with van der Waals surface area (Å²) in [6.45, 7) is 4.73. The average Bonchev–Trinajstić information content (AvgIpc) is 2.29. The predicted octanol–water partition coefficient (Wildman–Crippen LogP) is 3.83. The zero-order valence-corrected chi connectivity index (χ0v) is 12.5. The van der Waals surface area contributed by atoms with Crippen LogP contribution in [-0.4, -0.2) is 12.6 Å². The highest BCUT2D eigenvalue weighted by molar-refractivity contribution is 9.10. The Kier molecular flexibility index (Phi) is 4.09. The largest absolute Gasteiger partial charge is 0.312 e. The van der Waals surface area contributed by atoms with Gasteiger partial charge in [-0.15, -0.1) is 0 Å². The number of nitrogens with one attached hydrogen (secondary N) is 1. The summed E-state index contributed by atoms with van der Waals surface area (Å²) < 4.78 is 1.21. The molecule has 0 aromatic heterocycles. The third kappa shape index (κ3) is 3.13. The number of halogens is 1. The quantitative estimate of drug-likeness (QED) is 0.917. The van der Waals surface area contributed by atoms with E-state index in [1.807, 2.05) is 13.8 Å². The number of rotatable bonds is 4. The second-order valence-electron chi connectivity index (χ2n) is 5.76. The first kappa shape index (κ1) is 13.6. The van der Waals surface area contributed by atoms with Crippen molar-refractivity contribution in [3.8, 4) is 6.07 Å². The molecule has 18 heavy (non-hydrogen) atoms. The van der Waals surface area contributed by atoms with Crippen molar-refractivity contribution in [2.45, 2.75) is 38.6 Å². The van der Waals surface area contributed by atoms with Gasteiger partial charge in [0.15, 0.2) is 0 Å². The molecule has 2 rings (SSSR count). The predicted molar refractivity (Wildman–Crippen MR) is 77.3 cm³/mol. The van der Waals surface area contributed by atoms with Gasteiger partial charge in [0.1, 0.15) is 0 Å².